The van der Waals surface area contributed by atoms with E-state index in [1.54, 1.807) is 29.3 Å². The Labute approximate surface area is 219 Å². The number of nitrogens with one attached hydrogen (secondary N) is 1. The van der Waals surface area contributed by atoms with Gasteiger partial charge in [0.25, 0.3) is 5.92 Å². The highest BCUT2D eigenvalue weighted by atomic mass is 35.5. The molecule has 37 heavy (non-hydrogen) atoms. The molecule has 2 aromatic carbocycles. The van der Waals surface area contributed by atoms with Crippen LogP contribution in [0.3, 0.4) is 0 Å². The minimum atomic E-state index is -2.81. The molecule has 6 nitrogen and oxygen atoms in total. The molecule has 1 atom stereocenters. The molecule has 1 unspecified atom stereocenters. The maximum absolute atomic E-state index is 13.3. The number of hydrogen-bond acceptors (Lipinski definition) is 4. The molecule has 0 bridgehead atoms. The van der Waals surface area contributed by atoms with Crippen molar-refractivity contribution in [1.29, 1.82) is 5.41 Å². The van der Waals surface area contributed by atoms with Crippen LogP contribution in [0.1, 0.15) is 42.0 Å². The van der Waals surface area contributed by atoms with Gasteiger partial charge in [-0.1, -0.05) is 41.9 Å². The van der Waals surface area contributed by atoms with Gasteiger partial charge in [0.05, 0.1) is 5.69 Å². The summed E-state index contributed by atoms with van der Waals surface area (Å²) in [6.45, 7) is 1.04. The first-order valence-electron chi connectivity index (χ1n) is 12.3. The highest BCUT2D eigenvalue weighted by Gasteiger charge is 2.62. The van der Waals surface area contributed by atoms with Gasteiger partial charge in [-0.05, 0) is 54.2 Å². The van der Waals surface area contributed by atoms with Gasteiger partial charge in [0, 0.05) is 54.0 Å². The molecular weight excluding hydrogens is 496 g/mol. The number of carbonyl (C=O) groups excluding carboxylic acids is 1. The summed E-state index contributed by atoms with van der Waals surface area (Å²) in [5.41, 5.74) is 5.53. The van der Waals surface area contributed by atoms with E-state index in [1.165, 1.54) is 10.6 Å². The van der Waals surface area contributed by atoms with Gasteiger partial charge in [-0.15, -0.1) is 0 Å². The number of nitrogens with zero attached hydrogens (tertiary/aromatic N) is 3. The molecule has 1 saturated heterocycles. The van der Waals surface area contributed by atoms with Crippen LogP contribution >= 0.6 is 11.6 Å². The zero-order chi connectivity index (χ0) is 26.2. The Balaban J connectivity index is 1.24. The van der Waals surface area contributed by atoms with Gasteiger partial charge in [0.15, 0.2) is 0 Å². The summed E-state index contributed by atoms with van der Waals surface area (Å²) in [5.74, 6) is 1.90. The number of pyridine rings is 1. The van der Waals surface area contributed by atoms with E-state index in [0.717, 1.165) is 41.6 Å². The van der Waals surface area contributed by atoms with E-state index in [1.807, 2.05) is 18.2 Å². The van der Waals surface area contributed by atoms with Crippen molar-refractivity contribution >= 4 is 29.5 Å². The lowest BCUT2D eigenvalue weighted by Gasteiger charge is -2.32. The second-order valence-corrected chi connectivity index (χ2v) is 10.2. The van der Waals surface area contributed by atoms with Crippen LogP contribution in [0.4, 0.5) is 14.5 Å². The number of aromatic nitrogens is 1. The number of halogens is 3. The van der Waals surface area contributed by atoms with Crippen LogP contribution in [0.15, 0.2) is 60.8 Å². The fraction of sp³-hybridized carbons (Fsp3) is 0.321. The molecule has 1 aromatic heterocycles. The predicted molar refractivity (Wildman–Crippen MR) is 141 cm³/mol. The topological polar surface area (TPSA) is 86.3 Å². The molecule has 5 rings (SSSR count). The molecule has 1 aliphatic heterocycles. The summed E-state index contributed by atoms with van der Waals surface area (Å²) in [5, 5.41) is 9.25. The minimum absolute atomic E-state index is 0.299. The quantitative estimate of drug-likeness (QED) is 0.181. The van der Waals surface area contributed by atoms with Gasteiger partial charge in [-0.25, -0.2) is 14.6 Å². The van der Waals surface area contributed by atoms with Gasteiger partial charge in [-0.3, -0.25) is 20.2 Å². The zero-order valence-electron chi connectivity index (χ0n) is 20.2. The van der Waals surface area contributed by atoms with Crippen LogP contribution in [-0.2, 0) is 11.2 Å². The van der Waals surface area contributed by atoms with E-state index in [-0.39, 0.29) is 6.42 Å². The van der Waals surface area contributed by atoms with Gasteiger partial charge in [0.1, 0.15) is 12.3 Å². The number of benzene rings is 2. The molecule has 0 spiro atoms. The molecule has 1 saturated carbocycles. The highest BCUT2D eigenvalue weighted by Crippen LogP contribution is 2.50. The smallest absolute Gasteiger partial charge is 0.260 e. The first-order chi connectivity index (χ1) is 17.7. The van der Waals surface area contributed by atoms with E-state index in [9.17, 15) is 13.6 Å². The lowest BCUT2D eigenvalue weighted by molar-refractivity contribution is -0.135. The van der Waals surface area contributed by atoms with E-state index >= 15 is 0 Å². The summed E-state index contributed by atoms with van der Waals surface area (Å²) < 4.78 is 26.6. The second kappa shape index (κ2) is 10.2. The first-order valence-corrected chi connectivity index (χ1v) is 12.7. The largest absolute Gasteiger partial charge is 0.342 e. The normalized spacial score (nSPS) is 18.9. The summed E-state index contributed by atoms with van der Waals surface area (Å²) >= 11 is 6.20. The van der Waals surface area contributed by atoms with Crippen molar-refractivity contribution in [3.63, 3.8) is 0 Å². The number of amides is 1. The Hall–Kier alpha value is -3.36. The van der Waals surface area contributed by atoms with Crippen LogP contribution in [0.5, 0.6) is 0 Å². The first kappa shape index (κ1) is 25.3. The molecule has 2 heterocycles. The molecule has 9 heteroatoms. The molecule has 0 radical (unpaired) electrons. The van der Waals surface area contributed by atoms with Gasteiger partial charge in [0.2, 0.25) is 5.91 Å². The van der Waals surface area contributed by atoms with E-state index in [0.29, 0.717) is 36.1 Å². The number of anilines is 1. The fourth-order valence-electron chi connectivity index (χ4n) is 5.02. The molecule has 1 amide bonds. The Bertz CT molecular complexity index is 1310. The second-order valence-electron chi connectivity index (χ2n) is 9.78. The summed E-state index contributed by atoms with van der Waals surface area (Å²) in [6.07, 6.45) is 4.72. The van der Waals surface area contributed by atoms with Gasteiger partial charge < -0.3 is 4.90 Å². The van der Waals surface area contributed by atoms with Crippen molar-refractivity contribution in [1.82, 2.24) is 9.88 Å². The van der Waals surface area contributed by atoms with E-state index in [4.69, 9.17) is 22.9 Å². The van der Waals surface area contributed by atoms with Crippen molar-refractivity contribution in [3.8, 4) is 11.1 Å². The van der Waals surface area contributed by atoms with Crippen LogP contribution in [0.2, 0.25) is 5.02 Å². The standard InChI is InChI=1S/C28H28ClF2N5O/c29-22-5-7-26(36(33)17-32)24(14-22)21-4-6-23(34-16-21)13-18-2-1-3-20(12-18)19-8-10-35(11-9-19)27(37)25-15-28(25,30)31/h1-7,12,14,16-17,19,25,32H,8-11,13,15,33H2. The Morgan fingerprint density at radius 1 is 1.19 bits per heavy atom. The monoisotopic (exact) mass is 523 g/mol. The van der Waals surface area contributed by atoms with Gasteiger partial charge in [-0.2, -0.15) is 0 Å². The fourth-order valence-corrected chi connectivity index (χ4v) is 5.20. The Morgan fingerprint density at radius 2 is 1.95 bits per heavy atom. The maximum atomic E-state index is 13.3. The van der Waals surface area contributed by atoms with Crippen LogP contribution in [0.25, 0.3) is 11.1 Å². The Morgan fingerprint density at radius 3 is 2.59 bits per heavy atom. The zero-order valence-corrected chi connectivity index (χ0v) is 21.0. The minimum Gasteiger partial charge on any atom is -0.342 e. The molecule has 192 valence electrons. The predicted octanol–water partition coefficient (Wildman–Crippen LogP) is 5.64. The molecular formula is C28H28ClF2N5O. The number of hydrogen-bond donors (Lipinski definition) is 2. The van der Waals surface area contributed by atoms with Crippen molar-refractivity contribution in [2.24, 2.45) is 11.8 Å². The van der Waals surface area contributed by atoms with Crippen LogP contribution in [-0.4, -0.2) is 41.1 Å². The summed E-state index contributed by atoms with van der Waals surface area (Å²) in [6, 6.07) is 17.6. The number of likely N-dealkylation sites (tertiary alicyclic amines) is 1. The Kier molecular flexibility index (Phi) is 6.96. The van der Waals surface area contributed by atoms with Crippen molar-refractivity contribution in [2.45, 2.75) is 37.5 Å². The average molecular weight is 524 g/mol. The van der Waals surface area contributed by atoms with Crippen LogP contribution in [0, 0.1) is 11.3 Å². The molecule has 2 aliphatic rings. The third-order valence-corrected chi connectivity index (χ3v) is 7.49. The summed E-state index contributed by atoms with van der Waals surface area (Å²) in [4.78, 5) is 18.5. The number of carbonyl (C=O) groups is 1. The SMILES string of the molecule is N=CN(N)c1ccc(Cl)cc1-c1ccc(Cc2cccc(C3CCN(C(=O)C4CC4(F)F)CC3)c2)nc1. The number of piperidine rings is 1. The molecule has 1 aliphatic carbocycles. The van der Waals surface area contributed by atoms with E-state index in [2.05, 4.69) is 23.2 Å². The van der Waals surface area contributed by atoms with Gasteiger partial charge >= 0.3 is 0 Å². The molecule has 2 fully saturated rings. The van der Waals surface area contributed by atoms with E-state index < -0.39 is 17.7 Å². The molecule has 3 aromatic rings. The van der Waals surface area contributed by atoms with Crippen molar-refractivity contribution in [3.05, 3.63) is 82.6 Å². The number of rotatable bonds is 7. The van der Waals surface area contributed by atoms with Crippen molar-refractivity contribution < 1.29 is 13.6 Å². The lowest BCUT2D eigenvalue weighted by Crippen LogP contribution is -2.39. The van der Waals surface area contributed by atoms with Crippen LogP contribution < -0.4 is 10.9 Å². The van der Waals surface area contributed by atoms with Crippen molar-refractivity contribution in [2.75, 3.05) is 18.1 Å². The maximum Gasteiger partial charge on any atom is 0.260 e. The third-order valence-electron chi connectivity index (χ3n) is 7.25. The average Bonchev–Trinajstić information content (AvgIpc) is 3.56. The number of alkyl halides is 2. The highest BCUT2D eigenvalue weighted by molar-refractivity contribution is 6.31. The number of hydrazine groups is 1. The lowest BCUT2D eigenvalue weighted by atomic mass is 9.88. The molecule has 3 N–H and O–H groups in total. The number of nitrogens with two attached hydrogens (primary N) is 1. The third kappa shape index (κ3) is 5.50. The summed E-state index contributed by atoms with van der Waals surface area (Å²) in [7, 11) is 0.